The quantitative estimate of drug-likeness (QED) is 0.642. The molecule has 3 aromatic rings. The normalized spacial score (nSPS) is 11.0. The average Bonchev–Trinajstić information content (AvgIpc) is 2.92. The number of aryl methyl sites for hydroxylation is 2. The van der Waals surface area contributed by atoms with Gasteiger partial charge in [0, 0.05) is 19.4 Å². The lowest BCUT2D eigenvalue weighted by atomic mass is 10.2. The molecule has 5 nitrogen and oxygen atoms in total. The number of aldehydes is 1. The lowest BCUT2D eigenvalue weighted by Gasteiger charge is -1.98. The van der Waals surface area contributed by atoms with E-state index in [1.165, 1.54) is 0 Å². The molecule has 0 saturated carbocycles. The SMILES string of the molecule is Cc1cnn(C)c1-c1cn2cccc(C=O)c2n1. The highest BCUT2D eigenvalue weighted by molar-refractivity contribution is 5.85. The van der Waals surface area contributed by atoms with E-state index in [9.17, 15) is 4.79 Å². The van der Waals surface area contributed by atoms with Crippen molar-refractivity contribution in [3.8, 4) is 11.4 Å². The third-order valence-electron chi connectivity index (χ3n) is 3.00. The second-order valence-electron chi connectivity index (χ2n) is 4.24. The highest BCUT2D eigenvalue weighted by atomic mass is 16.1. The van der Waals surface area contributed by atoms with Crippen molar-refractivity contribution in [1.29, 1.82) is 0 Å². The largest absolute Gasteiger partial charge is 0.306 e. The summed E-state index contributed by atoms with van der Waals surface area (Å²) in [5.41, 5.74) is 4.11. The number of rotatable bonds is 2. The Morgan fingerprint density at radius 1 is 1.39 bits per heavy atom. The van der Waals surface area contributed by atoms with Gasteiger partial charge < -0.3 is 4.40 Å². The standard InChI is InChI=1S/C13H12N4O/c1-9-6-14-16(2)12(9)11-7-17-5-3-4-10(8-18)13(17)15-11/h3-8H,1-2H3. The van der Waals surface area contributed by atoms with E-state index in [0.29, 0.717) is 11.2 Å². The van der Waals surface area contributed by atoms with Gasteiger partial charge in [0.1, 0.15) is 11.3 Å². The van der Waals surface area contributed by atoms with E-state index in [-0.39, 0.29) is 0 Å². The van der Waals surface area contributed by atoms with Crippen molar-refractivity contribution in [2.24, 2.45) is 7.05 Å². The van der Waals surface area contributed by atoms with Crippen LogP contribution in [0.2, 0.25) is 0 Å². The Morgan fingerprint density at radius 3 is 2.89 bits per heavy atom. The molecule has 0 unspecified atom stereocenters. The Balaban J connectivity index is 2.29. The number of nitrogens with zero attached hydrogens (tertiary/aromatic N) is 4. The van der Waals surface area contributed by atoms with Crippen LogP contribution >= 0.6 is 0 Å². The van der Waals surface area contributed by atoms with Gasteiger partial charge in [-0.25, -0.2) is 4.98 Å². The maximum atomic E-state index is 11.0. The molecule has 0 aromatic carbocycles. The third-order valence-corrected chi connectivity index (χ3v) is 3.00. The molecule has 0 spiro atoms. The first-order valence-corrected chi connectivity index (χ1v) is 5.62. The number of carbonyl (C=O) groups is 1. The van der Waals surface area contributed by atoms with Gasteiger partial charge in [-0.15, -0.1) is 0 Å². The van der Waals surface area contributed by atoms with Crippen molar-refractivity contribution in [1.82, 2.24) is 19.2 Å². The summed E-state index contributed by atoms with van der Waals surface area (Å²) in [6.45, 7) is 1.99. The monoisotopic (exact) mass is 240 g/mol. The van der Waals surface area contributed by atoms with Gasteiger partial charge >= 0.3 is 0 Å². The van der Waals surface area contributed by atoms with Crippen LogP contribution in [0.4, 0.5) is 0 Å². The highest BCUT2D eigenvalue weighted by Gasteiger charge is 2.12. The van der Waals surface area contributed by atoms with Crippen molar-refractivity contribution in [3.63, 3.8) is 0 Å². The average molecular weight is 240 g/mol. The molecule has 0 aliphatic rings. The van der Waals surface area contributed by atoms with E-state index in [2.05, 4.69) is 10.1 Å². The van der Waals surface area contributed by atoms with Crippen molar-refractivity contribution in [3.05, 3.63) is 41.9 Å². The fourth-order valence-corrected chi connectivity index (χ4v) is 2.16. The maximum absolute atomic E-state index is 11.0. The van der Waals surface area contributed by atoms with Gasteiger partial charge in [0.2, 0.25) is 0 Å². The van der Waals surface area contributed by atoms with E-state index in [1.54, 1.807) is 16.9 Å². The summed E-state index contributed by atoms with van der Waals surface area (Å²) >= 11 is 0. The maximum Gasteiger partial charge on any atom is 0.153 e. The van der Waals surface area contributed by atoms with Gasteiger partial charge in [0.15, 0.2) is 6.29 Å². The molecular formula is C13H12N4O. The zero-order valence-corrected chi connectivity index (χ0v) is 10.2. The molecule has 0 N–H and O–H groups in total. The van der Waals surface area contributed by atoms with E-state index in [4.69, 9.17) is 0 Å². The molecule has 0 radical (unpaired) electrons. The molecule has 0 amide bonds. The van der Waals surface area contributed by atoms with Crippen LogP contribution in [0.1, 0.15) is 15.9 Å². The van der Waals surface area contributed by atoms with Crippen LogP contribution in [-0.2, 0) is 7.05 Å². The lowest BCUT2D eigenvalue weighted by molar-refractivity contribution is 0.112. The number of pyridine rings is 1. The minimum Gasteiger partial charge on any atom is -0.306 e. The number of imidazole rings is 1. The molecule has 0 aliphatic carbocycles. The topological polar surface area (TPSA) is 52.2 Å². The minimum atomic E-state index is 0.587. The van der Waals surface area contributed by atoms with Crippen LogP contribution in [0.15, 0.2) is 30.7 Å². The summed E-state index contributed by atoms with van der Waals surface area (Å²) < 4.78 is 3.64. The van der Waals surface area contributed by atoms with Crippen LogP contribution in [0.5, 0.6) is 0 Å². The molecule has 0 fully saturated rings. The summed E-state index contributed by atoms with van der Waals surface area (Å²) in [6, 6.07) is 3.59. The number of hydrogen-bond acceptors (Lipinski definition) is 3. The first-order chi connectivity index (χ1) is 8.70. The second-order valence-corrected chi connectivity index (χ2v) is 4.24. The van der Waals surface area contributed by atoms with Crippen LogP contribution in [-0.4, -0.2) is 25.5 Å². The molecular weight excluding hydrogens is 228 g/mol. The Hall–Kier alpha value is -2.43. The van der Waals surface area contributed by atoms with E-state index in [0.717, 1.165) is 23.2 Å². The number of carbonyl (C=O) groups excluding carboxylic acids is 1. The van der Waals surface area contributed by atoms with Gasteiger partial charge in [-0.2, -0.15) is 5.10 Å². The fourth-order valence-electron chi connectivity index (χ4n) is 2.16. The molecule has 3 rings (SSSR count). The van der Waals surface area contributed by atoms with E-state index in [1.807, 2.05) is 36.8 Å². The molecule has 0 saturated heterocycles. The smallest absolute Gasteiger partial charge is 0.153 e. The van der Waals surface area contributed by atoms with Crippen LogP contribution < -0.4 is 0 Å². The molecule has 0 aliphatic heterocycles. The molecule has 5 heteroatoms. The number of fused-ring (bicyclic) bond motifs is 1. The second kappa shape index (κ2) is 3.80. The van der Waals surface area contributed by atoms with Gasteiger partial charge in [0.05, 0.1) is 17.5 Å². The Morgan fingerprint density at radius 2 is 2.22 bits per heavy atom. The Bertz CT molecular complexity index is 719. The summed E-state index contributed by atoms with van der Waals surface area (Å²) in [5.74, 6) is 0. The van der Waals surface area contributed by atoms with Gasteiger partial charge in [0.25, 0.3) is 0 Å². The Kier molecular flexibility index (Phi) is 2.26. The van der Waals surface area contributed by atoms with Crippen molar-refractivity contribution >= 4 is 11.9 Å². The molecule has 90 valence electrons. The summed E-state index contributed by atoms with van der Waals surface area (Å²) in [5, 5.41) is 4.20. The first-order valence-electron chi connectivity index (χ1n) is 5.62. The molecule has 0 bridgehead atoms. The van der Waals surface area contributed by atoms with Gasteiger partial charge in [-0.1, -0.05) is 0 Å². The predicted octanol–water partition coefficient (Wildman–Crippen LogP) is 1.86. The highest BCUT2D eigenvalue weighted by Crippen LogP contribution is 2.22. The van der Waals surface area contributed by atoms with Gasteiger partial charge in [-0.3, -0.25) is 9.48 Å². The van der Waals surface area contributed by atoms with Gasteiger partial charge in [-0.05, 0) is 24.6 Å². The summed E-state index contributed by atoms with van der Waals surface area (Å²) in [4.78, 5) is 15.5. The van der Waals surface area contributed by atoms with Crippen molar-refractivity contribution in [2.45, 2.75) is 6.92 Å². The summed E-state index contributed by atoms with van der Waals surface area (Å²) in [7, 11) is 1.88. The third kappa shape index (κ3) is 1.44. The molecule has 0 atom stereocenters. The zero-order valence-electron chi connectivity index (χ0n) is 10.2. The predicted molar refractivity (Wildman–Crippen MR) is 67.5 cm³/mol. The molecule has 3 aromatic heterocycles. The molecule has 3 heterocycles. The molecule has 18 heavy (non-hydrogen) atoms. The fraction of sp³-hybridized carbons (Fsp3) is 0.154. The Labute approximate surface area is 104 Å². The minimum absolute atomic E-state index is 0.587. The van der Waals surface area contributed by atoms with Crippen molar-refractivity contribution in [2.75, 3.05) is 0 Å². The van der Waals surface area contributed by atoms with Crippen LogP contribution in [0.25, 0.3) is 17.0 Å². The van der Waals surface area contributed by atoms with Crippen molar-refractivity contribution < 1.29 is 4.79 Å². The van der Waals surface area contributed by atoms with E-state index < -0.39 is 0 Å². The number of hydrogen-bond donors (Lipinski definition) is 0. The summed E-state index contributed by atoms with van der Waals surface area (Å²) in [6.07, 6.45) is 6.42. The number of aromatic nitrogens is 4. The van der Waals surface area contributed by atoms with E-state index >= 15 is 0 Å². The zero-order chi connectivity index (χ0) is 12.7. The first kappa shape index (κ1) is 10.7. The van der Waals surface area contributed by atoms with Crippen LogP contribution in [0, 0.1) is 6.92 Å². The lowest BCUT2D eigenvalue weighted by Crippen LogP contribution is -1.94. The van der Waals surface area contributed by atoms with Crippen LogP contribution in [0.3, 0.4) is 0 Å².